The number of rotatable bonds is 5. The quantitative estimate of drug-likeness (QED) is 0.620. The lowest BCUT2D eigenvalue weighted by atomic mass is 9.81. The first-order chi connectivity index (χ1) is 8.22. The number of hydrogen-bond acceptors (Lipinski definition) is 5. The number of anilines is 2. The van der Waals surface area contributed by atoms with Crippen LogP contribution in [0, 0.1) is 21.4 Å². The van der Waals surface area contributed by atoms with Crippen LogP contribution in [-0.2, 0) is 0 Å². The molecule has 0 unspecified atom stereocenters. The molecular formula is C12H20N4O2. The highest BCUT2D eigenvalue weighted by Gasteiger charge is 2.22. The molecule has 6 heteroatoms. The highest BCUT2D eigenvalue weighted by molar-refractivity contribution is 5.52. The number of aromatic nitrogens is 1. The van der Waals surface area contributed by atoms with Crippen LogP contribution in [0.15, 0.2) is 12.1 Å². The van der Waals surface area contributed by atoms with Gasteiger partial charge in [0.05, 0.1) is 17.1 Å². The van der Waals surface area contributed by atoms with Crippen LogP contribution in [0.2, 0.25) is 0 Å². The second-order valence-electron chi connectivity index (χ2n) is 5.39. The minimum absolute atomic E-state index is 0.0487. The average molecular weight is 252 g/mol. The summed E-state index contributed by atoms with van der Waals surface area (Å²) in [6, 6.07) is 2.64. The minimum Gasteiger partial charge on any atom is -0.383 e. The molecule has 1 rings (SSSR count). The van der Waals surface area contributed by atoms with Crippen molar-refractivity contribution in [3.05, 3.63) is 22.2 Å². The van der Waals surface area contributed by atoms with E-state index >= 15 is 0 Å². The average Bonchev–Trinajstić information content (AvgIpc) is 2.25. The van der Waals surface area contributed by atoms with Crippen molar-refractivity contribution >= 4 is 17.3 Å². The van der Waals surface area contributed by atoms with Gasteiger partial charge in [0, 0.05) is 6.54 Å². The van der Waals surface area contributed by atoms with Crippen LogP contribution >= 0.6 is 0 Å². The second kappa shape index (κ2) is 5.20. The van der Waals surface area contributed by atoms with Gasteiger partial charge in [0.1, 0.15) is 11.6 Å². The Bertz CT molecular complexity index is 444. The molecule has 0 aliphatic carbocycles. The zero-order valence-electron chi connectivity index (χ0n) is 11.2. The van der Waals surface area contributed by atoms with Crippen LogP contribution in [0.3, 0.4) is 0 Å². The maximum atomic E-state index is 10.7. The van der Waals surface area contributed by atoms with Crippen molar-refractivity contribution in [2.45, 2.75) is 27.7 Å². The van der Waals surface area contributed by atoms with Gasteiger partial charge in [-0.3, -0.25) is 10.1 Å². The Hall–Kier alpha value is -1.85. The molecule has 3 N–H and O–H groups in total. The zero-order valence-corrected chi connectivity index (χ0v) is 11.2. The van der Waals surface area contributed by atoms with Crippen LogP contribution in [0.4, 0.5) is 17.3 Å². The molecule has 0 saturated heterocycles. The van der Waals surface area contributed by atoms with Crippen LogP contribution in [0.25, 0.3) is 0 Å². The fourth-order valence-corrected chi connectivity index (χ4v) is 1.26. The van der Waals surface area contributed by atoms with Gasteiger partial charge in [0.2, 0.25) is 0 Å². The highest BCUT2D eigenvalue weighted by Crippen LogP contribution is 2.27. The number of nitrogens with zero attached hydrogens (tertiary/aromatic N) is 2. The maximum Gasteiger partial charge on any atom is 0.276 e. The summed E-state index contributed by atoms with van der Waals surface area (Å²) >= 11 is 0. The Morgan fingerprint density at radius 3 is 2.61 bits per heavy atom. The number of nitro groups is 1. The summed E-state index contributed by atoms with van der Waals surface area (Å²) in [6.07, 6.45) is 0. The van der Waals surface area contributed by atoms with E-state index in [1.54, 1.807) is 0 Å². The normalized spacial score (nSPS) is 11.6. The predicted molar refractivity (Wildman–Crippen MR) is 72.4 cm³/mol. The van der Waals surface area contributed by atoms with Gasteiger partial charge < -0.3 is 11.1 Å². The van der Waals surface area contributed by atoms with Crippen molar-refractivity contribution in [2.24, 2.45) is 11.3 Å². The molecule has 0 spiro atoms. The summed E-state index contributed by atoms with van der Waals surface area (Å²) < 4.78 is 0. The van der Waals surface area contributed by atoms with E-state index in [1.807, 2.05) is 0 Å². The summed E-state index contributed by atoms with van der Waals surface area (Å²) in [5.41, 5.74) is 5.56. The molecule has 1 aromatic rings. The molecule has 1 heterocycles. The number of pyridine rings is 1. The summed E-state index contributed by atoms with van der Waals surface area (Å²) in [4.78, 5) is 14.3. The third-order valence-corrected chi connectivity index (χ3v) is 3.33. The summed E-state index contributed by atoms with van der Waals surface area (Å²) in [7, 11) is 0. The Kier molecular flexibility index (Phi) is 4.11. The van der Waals surface area contributed by atoms with Crippen LogP contribution in [0.1, 0.15) is 27.7 Å². The molecular weight excluding hydrogens is 232 g/mol. The molecule has 0 aliphatic rings. The molecule has 18 heavy (non-hydrogen) atoms. The Morgan fingerprint density at radius 1 is 1.50 bits per heavy atom. The van der Waals surface area contributed by atoms with E-state index in [2.05, 4.69) is 38.0 Å². The fraction of sp³-hybridized carbons (Fsp3) is 0.583. The van der Waals surface area contributed by atoms with Gasteiger partial charge in [-0.05, 0) is 11.3 Å². The van der Waals surface area contributed by atoms with Gasteiger partial charge in [0.15, 0.2) is 0 Å². The van der Waals surface area contributed by atoms with E-state index in [9.17, 15) is 10.1 Å². The second-order valence-corrected chi connectivity index (χ2v) is 5.39. The molecule has 0 aliphatic heterocycles. The first-order valence-corrected chi connectivity index (χ1v) is 5.88. The van der Waals surface area contributed by atoms with Gasteiger partial charge in [0.25, 0.3) is 5.69 Å². The van der Waals surface area contributed by atoms with E-state index in [0.717, 1.165) is 0 Å². The molecule has 100 valence electrons. The van der Waals surface area contributed by atoms with Gasteiger partial charge in [-0.25, -0.2) is 4.98 Å². The smallest absolute Gasteiger partial charge is 0.276 e. The SMILES string of the molecule is CC(C)C(C)(C)CNc1cc([N+](=O)[O-])cc(N)n1. The molecule has 0 aromatic carbocycles. The summed E-state index contributed by atoms with van der Waals surface area (Å²) in [5.74, 6) is 1.07. The van der Waals surface area contributed by atoms with Crippen LogP contribution in [0.5, 0.6) is 0 Å². The molecule has 6 nitrogen and oxygen atoms in total. The van der Waals surface area contributed by atoms with E-state index in [0.29, 0.717) is 18.3 Å². The number of nitrogens with one attached hydrogen (secondary N) is 1. The molecule has 0 fully saturated rings. The largest absolute Gasteiger partial charge is 0.383 e. The molecule has 1 aromatic heterocycles. The predicted octanol–water partition coefficient (Wildman–Crippen LogP) is 2.67. The standard InChI is InChI=1S/C12H20N4O2/c1-8(2)12(3,4)7-14-11-6-9(16(17)18)5-10(13)15-11/h5-6,8H,7H2,1-4H3,(H3,13,14,15). The summed E-state index contributed by atoms with van der Waals surface area (Å²) in [6.45, 7) is 9.21. The highest BCUT2D eigenvalue weighted by atomic mass is 16.6. The van der Waals surface area contributed by atoms with Gasteiger partial charge in [-0.1, -0.05) is 27.7 Å². The zero-order chi connectivity index (χ0) is 13.9. The van der Waals surface area contributed by atoms with E-state index in [4.69, 9.17) is 5.73 Å². The van der Waals surface area contributed by atoms with Crippen molar-refractivity contribution < 1.29 is 4.92 Å². The van der Waals surface area contributed by atoms with Crippen molar-refractivity contribution in [3.63, 3.8) is 0 Å². The van der Waals surface area contributed by atoms with Crippen LogP contribution < -0.4 is 11.1 Å². The molecule has 0 bridgehead atoms. The van der Waals surface area contributed by atoms with Gasteiger partial charge in [-0.15, -0.1) is 0 Å². The Morgan fingerprint density at radius 2 is 2.11 bits per heavy atom. The van der Waals surface area contributed by atoms with Crippen molar-refractivity contribution in [3.8, 4) is 0 Å². The van der Waals surface area contributed by atoms with Gasteiger partial charge >= 0.3 is 0 Å². The van der Waals surface area contributed by atoms with Crippen LogP contribution in [-0.4, -0.2) is 16.5 Å². The number of nitrogens with two attached hydrogens (primary N) is 1. The lowest BCUT2D eigenvalue weighted by molar-refractivity contribution is -0.384. The molecule has 0 saturated carbocycles. The van der Waals surface area contributed by atoms with Crippen molar-refractivity contribution in [2.75, 3.05) is 17.6 Å². The number of hydrogen-bond donors (Lipinski definition) is 2. The molecule has 0 atom stereocenters. The van der Waals surface area contributed by atoms with E-state index < -0.39 is 4.92 Å². The third-order valence-electron chi connectivity index (χ3n) is 3.33. The first-order valence-electron chi connectivity index (χ1n) is 5.88. The van der Waals surface area contributed by atoms with Crippen molar-refractivity contribution in [1.82, 2.24) is 4.98 Å². The Labute approximate surface area is 107 Å². The monoisotopic (exact) mass is 252 g/mol. The third kappa shape index (κ3) is 3.58. The molecule has 0 amide bonds. The van der Waals surface area contributed by atoms with Crippen molar-refractivity contribution in [1.29, 1.82) is 0 Å². The van der Waals surface area contributed by atoms with Gasteiger partial charge in [-0.2, -0.15) is 0 Å². The maximum absolute atomic E-state index is 10.7. The van der Waals surface area contributed by atoms with E-state index in [-0.39, 0.29) is 16.9 Å². The number of nitrogen functional groups attached to an aromatic ring is 1. The minimum atomic E-state index is -0.475. The fourth-order valence-electron chi connectivity index (χ4n) is 1.26. The lowest BCUT2D eigenvalue weighted by Crippen LogP contribution is -2.28. The Balaban J connectivity index is 2.83. The first kappa shape index (κ1) is 14.2. The topological polar surface area (TPSA) is 94.1 Å². The van der Waals surface area contributed by atoms with E-state index in [1.165, 1.54) is 12.1 Å². The lowest BCUT2D eigenvalue weighted by Gasteiger charge is -2.29. The summed E-state index contributed by atoms with van der Waals surface area (Å²) in [5, 5.41) is 13.8. The molecule has 0 radical (unpaired) electrons.